The molecule has 1 atom stereocenters. The first kappa shape index (κ1) is 14.0. The predicted octanol–water partition coefficient (Wildman–Crippen LogP) is 2.26. The van der Waals surface area contributed by atoms with Crippen LogP contribution < -0.4 is 4.90 Å². The van der Waals surface area contributed by atoms with E-state index in [9.17, 15) is 9.50 Å². The summed E-state index contributed by atoms with van der Waals surface area (Å²) in [6, 6.07) is 11.1. The number of nitriles is 1. The smallest absolute Gasteiger partial charge is 0.128 e. The topological polar surface area (TPSA) is 60.1 Å². The lowest BCUT2D eigenvalue weighted by Crippen LogP contribution is -2.24. The Kier molecular flexibility index (Phi) is 4.28. The molecule has 0 spiro atoms. The number of pyridine rings is 1. The fraction of sp³-hybridized carbons (Fsp3) is 0.200. The average molecular weight is 271 g/mol. The molecule has 102 valence electrons. The summed E-state index contributed by atoms with van der Waals surface area (Å²) in [6.07, 6.45) is 0.744. The second kappa shape index (κ2) is 6.13. The highest BCUT2D eigenvalue weighted by Gasteiger charge is 2.12. The van der Waals surface area contributed by atoms with Crippen molar-refractivity contribution in [3.05, 3.63) is 59.5 Å². The summed E-state index contributed by atoms with van der Waals surface area (Å²) < 4.78 is 12.8. The molecule has 0 fully saturated rings. The number of hydrogen-bond acceptors (Lipinski definition) is 4. The number of anilines is 1. The minimum absolute atomic E-state index is 0.324. The van der Waals surface area contributed by atoms with Crippen LogP contribution in [0.1, 0.15) is 17.2 Å². The van der Waals surface area contributed by atoms with Gasteiger partial charge in [0.1, 0.15) is 17.7 Å². The highest BCUT2D eigenvalue weighted by molar-refractivity contribution is 5.41. The highest BCUT2D eigenvalue weighted by Crippen LogP contribution is 2.17. The quantitative estimate of drug-likeness (QED) is 0.926. The van der Waals surface area contributed by atoms with Crippen molar-refractivity contribution in [2.45, 2.75) is 6.10 Å². The van der Waals surface area contributed by atoms with Crippen LogP contribution in [-0.4, -0.2) is 23.7 Å². The first-order valence-corrected chi connectivity index (χ1v) is 6.11. The molecule has 0 aliphatic rings. The number of aliphatic hydroxyl groups excluding tert-OH is 1. The Morgan fingerprint density at radius 2 is 2.00 bits per heavy atom. The van der Waals surface area contributed by atoms with Crippen LogP contribution in [0.4, 0.5) is 10.2 Å². The number of aliphatic hydroxyl groups is 1. The van der Waals surface area contributed by atoms with Gasteiger partial charge >= 0.3 is 0 Å². The lowest BCUT2D eigenvalue weighted by molar-refractivity contribution is 0.184. The van der Waals surface area contributed by atoms with Crippen molar-refractivity contribution in [1.82, 2.24) is 4.98 Å². The van der Waals surface area contributed by atoms with Crippen LogP contribution in [0.3, 0.4) is 0 Å². The van der Waals surface area contributed by atoms with Gasteiger partial charge in [0, 0.05) is 19.8 Å². The van der Waals surface area contributed by atoms with E-state index >= 15 is 0 Å². The molecule has 1 N–H and O–H groups in total. The maximum Gasteiger partial charge on any atom is 0.128 e. The molecule has 2 rings (SSSR count). The third kappa shape index (κ3) is 3.31. The van der Waals surface area contributed by atoms with E-state index in [1.54, 1.807) is 36.2 Å². The molecule has 0 saturated heterocycles. The van der Waals surface area contributed by atoms with Crippen LogP contribution in [0.15, 0.2) is 42.6 Å². The normalized spacial score (nSPS) is 11.7. The van der Waals surface area contributed by atoms with Crippen LogP contribution in [0, 0.1) is 17.1 Å². The highest BCUT2D eigenvalue weighted by atomic mass is 19.1. The summed E-state index contributed by atoms with van der Waals surface area (Å²) >= 11 is 0. The number of benzene rings is 1. The molecule has 5 heteroatoms. The number of aromatic nitrogens is 1. The molecule has 1 aromatic heterocycles. The van der Waals surface area contributed by atoms with Crippen LogP contribution >= 0.6 is 0 Å². The first-order valence-electron chi connectivity index (χ1n) is 6.11. The van der Waals surface area contributed by atoms with Crippen molar-refractivity contribution in [3.8, 4) is 6.07 Å². The van der Waals surface area contributed by atoms with Gasteiger partial charge < -0.3 is 10.0 Å². The van der Waals surface area contributed by atoms with Gasteiger partial charge in [-0.15, -0.1) is 0 Å². The molecule has 0 radical (unpaired) electrons. The molecular weight excluding hydrogens is 257 g/mol. The minimum atomic E-state index is -0.738. The van der Waals surface area contributed by atoms with Gasteiger partial charge in [-0.1, -0.05) is 12.1 Å². The lowest BCUT2D eigenvalue weighted by Gasteiger charge is -2.22. The number of likely N-dealkylation sites (N-methyl/N-ethyl adjacent to an activating group) is 1. The average Bonchev–Trinajstić information content (AvgIpc) is 2.48. The monoisotopic (exact) mass is 271 g/mol. The van der Waals surface area contributed by atoms with Gasteiger partial charge in [0.15, 0.2) is 0 Å². The number of rotatable bonds is 4. The Morgan fingerprint density at radius 3 is 2.55 bits per heavy atom. The summed E-state index contributed by atoms with van der Waals surface area (Å²) in [6.45, 7) is 0.324. The maximum atomic E-state index is 12.8. The molecule has 20 heavy (non-hydrogen) atoms. The number of halogens is 1. The molecule has 0 unspecified atom stereocenters. The van der Waals surface area contributed by atoms with E-state index in [-0.39, 0.29) is 5.82 Å². The standard InChI is InChI=1S/C15H14FN3O/c1-19(15-7-2-11(8-17)9-18-15)10-14(20)12-3-5-13(16)6-4-12/h2-7,9,14,20H,10H2,1H3/t14-/m0/s1. The zero-order valence-electron chi connectivity index (χ0n) is 11.0. The molecule has 1 aromatic carbocycles. The first-order chi connectivity index (χ1) is 9.60. The third-order valence-electron chi connectivity index (χ3n) is 2.97. The summed E-state index contributed by atoms with van der Waals surface area (Å²) in [5, 5.41) is 18.8. The Morgan fingerprint density at radius 1 is 1.30 bits per heavy atom. The Hall–Kier alpha value is -2.45. The lowest BCUT2D eigenvalue weighted by atomic mass is 10.1. The molecule has 0 aliphatic heterocycles. The minimum Gasteiger partial charge on any atom is -0.387 e. The van der Waals surface area contributed by atoms with Gasteiger partial charge in [-0.25, -0.2) is 9.37 Å². The third-order valence-corrected chi connectivity index (χ3v) is 2.97. The Bertz CT molecular complexity index is 605. The largest absolute Gasteiger partial charge is 0.387 e. The van der Waals surface area contributed by atoms with Gasteiger partial charge in [0.25, 0.3) is 0 Å². The maximum absolute atomic E-state index is 12.8. The van der Waals surface area contributed by atoms with Gasteiger partial charge in [0.05, 0.1) is 11.7 Å². The van der Waals surface area contributed by atoms with Crippen molar-refractivity contribution in [1.29, 1.82) is 5.26 Å². The van der Waals surface area contributed by atoms with E-state index in [4.69, 9.17) is 5.26 Å². The van der Waals surface area contributed by atoms with E-state index in [1.165, 1.54) is 18.3 Å². The molecule has 4 nitrogen and oxygen atoms in total. The van der Waals surface area contributed by atoms with Crippen LogP contribution in [-0.2, 0) is 0 Å². The molecule has 0 saturated carbocycles. The van der Waals surface area contributed by atoms with Crippen molar-refractivity contribution in [3.63, 3.8) is 0 Å². The Balaban J connectivity index is 2.04. The zero-order valence-corrected chi connectivity index (χ0v) is 11.0. The predicted molar refractivity (Wildman–Crippen MR) is 73.6 cm³/mol. The molecule has 1 heterocycles. The van der Waals surface area contributed by atoms with Crippen molar-refractivity contribution in [2.24, 2.45) is 0 Å². The summed E-state index contributed by atoms with van der Waals surface area (Å²) in [5.74, 6) is 0.327. The SMILES string of the molecule is CN(C[C@H](O)c1ccc(F)cc1)c1ccc(C#N)cn1. The van der Waals surface area contributed by atoms with Gasteiger partial charge in [-0.05, 0) is 29.8 Å². The number of hydrogen-bond donors (Lipinski definition) is 1. The van der Waals surface area contributed by atoms with E-state index in [0.717, 1.165) is 0 Å². The molecule has 0 aliphatic carbocycles. The van der Waals surface area contributed by atoms with Crippen LogP contribution in [0.5, 0.6) is 0 Å². The number of nitrogens with zero attached hydrogens (tertiary/aromatic N) is 3. The summed E-state index contributed by atoms with van der Waals surface area (Å²) in [7, 11) is 1.79. The zero-order chi connectivity index (χ0) is 14.5. The summed E-state index contributed by atoms with van der Waals surface area (Å²) in [4.78, 5) is 5.92. The molecular formula is C15H14FN3O. The molecule has 0 amide bonds. The van der Waals surface area contributed by atoms with E-state index in [2.05, 4.69) is 4.98 Å². The fourth-order valence-corrected chi connectivity index (χ4v) is 1.82. The van der Waals surface area contributed by atoms with E-state index in [1.807, 2.05) is 6.07 Å². The summed E-state index contributed by atoms with van der Waals surface area (Å²) in [5.41, 5.74) is 1.13. The van der Waals surface area contributed by atoms with E-state index < -0.39 is 6.10 Å². The van der Waals surface area contributed by atoms with E-state index in [0.29, 0.717) is 23.5 Å². The van der Waals surface area contributed by atoms with Crippen molar-refractivity contribution in [2.75, 3.05) is 18.5 Å². The van der Waals surface area contributed by atoms with Gasteiger partial charge in [0.2, 0.25) is 0 Å². The van der Waals surface area contributed by atoms with Crippen molar-refractivity contribution >= 4 is 5.82 Å². The van der Waals surface area contributed by atoms with Crippen LogP contribution in [0.2, 0.25) is 0 Å². The Labute approximate surface area is 116 Å². The van der Waals surface area contributed by atoms with Crippen molar-refractivity contribution < 1.29 is 9.50 Å². The fourth-order valence-electron chi connectivity index (χ4n) is 1.82. The second-order valence-electron chi connectivity index (χ2n) is 4.46. The second-order valence-corrected chi connectivity index (χ2v) is 4.46. The molecule has 2 aromatic rings. The van der Waals surface area contributed by atoms with Gasteiger partial charge in [-0.3, -0.25) is 0 Å². The molecule has 0 bridgehead atoms. The van der Waals surface area contributed by atoms with Crippen LogP contribution in [0.25, 0.3) is 0 Å². The van der Waals surface area contributed by atoms with Gasteiger partial charge in [-0.2, -0.15) is 5.26 Å².